The van der Waals surface area contributed by atoms with Crippen LogP contribution >= 0.6 is 0 Å². The molecule has 0 saturated carbocycles. The van der Waals surface area contributed by atoms with E-state index < -0.39 is 12.3 Å². The van der Waals surface area contributed by atoms with E-state index in [2.05, 4.69) is 0 Å². The Morgan fingerprint density at radius 2 is 0.826 bits per heavy atom. The van der Waals surface area contributed by atoms with Crippen LogP contribution in [0.4, 0.5) is 9.59 Å². The Hall–Kier alpha value is -3.42. The summed E-state index contributed by atoms with van der Waals surface area (Å²) in [5.74, 6) is 0.564. The fourth-order valence-corrected chi connectivity index (χ4v) is 1.46. The molecule has 0 radical (unpaired) electrons. The summed E-state index contributed by atoms with van der Waals surface area (Å²) in [6.45, 7) is 0. The van der Waals surface area contributed by atoms with E-state index in [1.165, 1.54) is 0 Å². The van der Waals surface area contributed by atoms with Gasteiger partial charge >= 0.3 is 12.3 Å². The molecular weight excluding hydrogens is 308 g/mol. The third-order valence-corrected chi connectivity index (χ3v) is 2.28. The minimum Gasteiger partial charge on any atom is -0.508 e. The zero-order valence-corrected chi connectivity index (χ0v) is 11.8. The average Bonchev–Trinajstić information content (AvgIpc) is 2.43. The van der Waals surface area contributed by atoms with E-state index in [4.69, 9.17) is 40.2 Å². The van der Waals surface area contributed by atoms with Gasteiger partial charge in [-0.05, 0) is 41.8 Å². The predicted octanol–water partition coefficient (Wildman–Crippen LogP) is 3.13. The van der Waals surface area contributed by atoms with Crippen LogP contribution in [0.5, 0.6) is 11.5 Å². The lowest BCUT2D eigenvalue weighted by atomic mass is 10.1. The zero-order valence-electron chi connectivity index (χ0n) is 11.8. The van der Waals surface area contributed by atoms with Gasteiger partial charge in [-0.2, -0.15) is 0 Å². The average molecular weight is 324 g/mol. The van der Waals surface area contributed by atoms with Gasteiger partial charge in [0.25, 0.3) is 0 Å². The Morgan fingerprint density at radius 3 is 1.04 bits per heavy atom. The molecule has 0 spiro atoms. The van der Waals surface area contributed by atoms with Crippen molar-refractivity contribution in [1.82, 2.24) is 0 Å². The van der Waals surface area contributed by atoms with E-state index >= 15 is 0 Å². The van der Waals surface area contributed by atoms with Gasteiger partial charge in [-0.1, -0.05) is 24.3 Å². The maximum absolute atomic E-state index is 9.13. The molecule has 0 aliphatic rings. The van der Waals surface area contributed by atoms with Crippen LogP contribution in [-0.2, 0) is 6.42 Å². The Balaban J connectivity index is 0.000000509. The molecule has 8 heteroatoms. The summed E-state index contributed by atoms with van der Waals surface area (Å²) in [4.78, 5) is 17.1. The fourth-order valence-electron chi connectivity index (χ4n) is 1.46. The highest BCUT2D eigenvalue weighted by Crippen LogP contribution is 2.15. The summed E-state index contributed by atoms with van der Waals surface area (Å²) in [5.41, 5.74) is 2.27. The monoisotopic (exact) mass is 324 g/mol. The fraction of sp³-hybridized carbons (Fsp3) is 0.0667. The van der Waals surface area contributed by atoms with Crippen molar-refractivity contribution in [2.24, 2.45) is 0 Å². The molecule has 124 valence electrons. The van der Waals surface area contributed by atoms with Gasteiger partial charge in [0.15, 0.2) is 0 Å². The predicted molar refractivity (Wildman–Crippen MR) is 80.3 cm³/mol. The number of hydrogen-bond acceptors (Lipinski definition) is 4. The smallest absolute Gasteiger partial charge is 0.503 e. The molecule has 0 aliphatic carbocycles. The van der Waals surface area contributed by atoms with Gasteiger partial charge in [-0.15, -0.1) is 0 Å². The Kier molecular flexibility index (Phi) is 8.79. The van der Waals surface area contributed by atoms with Crippen LogP contribution in [0.2, 0.25) is 0 Å². The van der Waals surface area contributed by atoms with Crippen molar-refractivity contribution in [3.8, 4) is 11.5 Å². The molecule has 0 atom stereocenters. The molecule has 2 aromatic carbocycles. The normalized spacial score (nSPS) is 8.70. The number of benzene rings is 2. The van der Waals surface area contributed by atoms with Crippen LogP contribution in [-0.4, -0.2) is 42.9 Å². The second kappa shape index (κ2) is 10.3. The van der Waals surface area contributed by atoms with Gasteiger partial charge in [-0.3, -0.25) is 0 Å². The minimum absolute atomic E-state index is 0.282. The van der Waals surface area contributed by atoms with Gasteiger partial charge in [0, 0.05) is 0 Å². The van der Waals surface area contributed by atoms with Crippen molar-refractivity contribution < 1.29 is 40.2 Å². The third kappa shape index (κ3) is 12.1. The van der Waals surface area contributed by atoms with Gasteiger partial charge in [-0.25, -0.2) is 9.59 Å². The van der Waals surface area contributed by atoms with Gasteiger partial charge in [0.1, 0.15) is 11.5 Å². The van der Waals surface area contributed by atoms with Crippen LogP contribution in [0.3, 0.4) is 0 Å². The zero-order chi connectivity index (χ0) is 17.8. The van der Waals surface area contributed by atoms with Crippen LogP contribution in [0.25, 0.3) is 0 Å². The summed E-state index contributed by atoms with van der Waals surface area (Å²) >= 11 is 0. The summed E-state index contributed by atoms with van der Waals surface area (Å²) in [5, 5.41) is 46.1. The number of phenols is 2. The molecule has 0 saturated heterocycles. The lowest BCUT2D eigenvalue weighted by molar-refractivity contribution is 0.135. The number of phenolic OH excluding ortho intramolecular Hbond substituents is 2. The molecule has 0 fully saturated rings. The van der Waals surface area contributed by atoms with Crippen molar-refractivity contribution in [2.45, 2.75) is 6.42 Å². The van der Waals surface area contributed by atoms with E-state index in [-0.39, 0.29) is 11.5 Å². The Bertz CT molecular complexity index is 541. The molecule has 0 unspecified atom stereocenters. The molecule has 0 amide bonds. The molecular formula is C15H16O8. The second-order valence-corrected chi connectivity index (χ2v) is 4.07. The summed E-state index contributed by atoms with van der Waals surface area (Å²) < 4.78 is 0. The summed E-state index contributed by atoms with van der Waals surface area (Å²) in [7, 11) is 0. The summed E-state index contributed by atoms with van der Waals surface area (Å²) in [6.07, 6.45) is -2.86. The van der Waals surface area contributed by atoms with Crippen molar-refractivity contribution >= 4 is 12.3 Å². The lowest BCUT2D eigenvalue weighted by Crippen LogP contribution is -1.86. The van der Waals surface area contributed by atoms with E-state index in [9.17, 15) is 0 Å². The molecule has 2 aromatic rings. The first kappa shape index (κ1) is 19.6. The highest BCUT2D eigenvalue weighted by Gasteiger charge is 1.96. The first-order valence-electron chi connectivity index (χ1n) is 6.10. The van der Waals surface area contributed by atoms with E-state index in [1.807, 2.05) is 24.3 Å². The molecule has 0 heterocycles. The molecule has 0 aromatic heterocycles. The van der Waals surface area contributed by atoms with Gasteiger partial charge in [0.2, 0.25) is 0 Å². The van der Waals surface area contributed by atoms with Gasteiger partial charge in [0.05, 0.1) is 0 Å². The van der Waals surface area contributed by atoms with Crippen LogP contribution < -0.4 is 0 Å². The second-order valence-electron chi connectivity index (χ2n) is 4.07. The standard InChI is InChI=1S/C13H12O2.2CH2O3/c14-12-5-1-10(2-6-12)9-11-3-7-13(15)8-4-11;2*2-1(3)4/h1-8,14-15H,9H2;2*(H2,2,3,4). The quantitative estimate of drug-likeness (QED) is 0.492. The van der Waals surface area contributed by atoms with Crippen molar-refractivity contribution in [3.63, 3.8) is 0 Å². The van der Waals surface area contributed by atoms with Crippen molar-refractivity contribution in [2.75, 3.05) is 0 Å². The number of aromatic hydroxyl groups is 2. The molecule has 8 nitrogen and oxygen atoms in total. The van der Waals surface area contributed by atoms with E-state index in [1.54, 1.807) is 24.3 Å². The van der Waals surface area contributed by atoms with Crippen LogP contribution in [0, 0.1) is 0 Å². The maximum atomic E-state index is 9.13. The lowest BCUT2D eigenvalue weighted by Gasteiger charge is -2.02. The van der Waals surface area contributed by atoms with Crippen LogP contribution in [0.15, 0.2) is 48.5 Å². The topological polar surface area (TPSA) is 156 Å². The summed E-state index contributed by atoms with van der Waals surface area (Å²) in [6, 6.07) is 14.3. The molecule has 6 N–H and O–H groups in total. The van der Waals surface area contributed by atoms with Crippen molar-refractivity contribution in [1.29, 1.82) is 0 Å². The number of rotatable bonds is 2. The Labute approximate surface area is 131 Å². The van der Waals surface area contributed by atoms with Crippen molar-refractivity contribution in [3.05, 3.63) is 59.7 Å². The number of carboxylic acid groups (broad SMARTS) is 4. The molecule has 2 rings (SSSR count). The molecule has 0 aliphatic heterocycles. The van der Waals surface area contributed by atoms with E-state index in [0.717, 1.165) is 17.5 Å². The highest BCUT2D eigenvalue weighted by atomic mass is 16.6. The number of carbonyl (C=O) groups is 2. The largest absolute Gasteiger partial charge is 0.508 e. The molecule has 23 heavy (non-hydrogen) atoms. The third-order valence-electron chi connectivity index (χ3n) is 2.28. The van der Waals surface area contributed by atoms with Gasteiger partial charge < -0.3 is 30.6 Å². The maximum Gasteiger partial charge on any atom is 0.503 e. The highest BCUT2D eigenvalue weighted by molar-refractivity contribution is 5.53. The SMILES string of the molecule is O=C(O)O.O=C(O)O.Oc1ccc(Cc2ccc(O)cc2)cc1. The Morgan fingerprint density at radius 1 is 0.609 bits per heavy atom. The van der Waals surface area contributed by atoms with E-state index in [0.29, 0.717) is 0 Å². The first-order chi connectivity index (χ1) is 10.7. The molecule has 0 bridgehead atoms. The first-order valence-corrected chi connectivity index (χ1v) is 6.10. The van der Waals surface area contributed by atoms with Crippen LogP contribution in [0.1, 0.15) is 11.1 Å². The minimum atomic E-state index is -1.83. The number of hydrogen-bond donors (Lipinski definition) is 6.